The molecule has 0 rings (SSSR count). The first kappa shape index (κ1) is 34.9. The molecule has 0 aliphatic carbocycles. The molecular formula is C32H62O4. The van der Waals surface area contributed by atoms with Crippen molar-refractivity contribution in [1.29, 1.82) is 0 Å². The Morgan fingerprint density at radius 1 is 0.528 bits per heavy atom. The predicted molar refractivity (Wildman–Crippen MR) is 154 cm³/mol. The van der Waals surface area contributed by atoms with E-state index in [2.05, 4.69) is 13.8 Å². The molecule has 214 valence electrons. The summed E-state index contributed by atoms with van der Waals surface area (Å²) in [6.07, 6.45) is 31.1. The van der Waals surface area contributed by atoms with Crippen LogP contribution in [-0.4, -0.2) is 23.1 Å². The molecule has 0 spiro atoms. The minimum absolute atomic E-state index is 0.0674. The molecule has 0 bridgehead atoms. The number of aliphatic carboxylic acids is 1. The summed E-state index contributed by atoms with van der Waals surface area (Å²) in [5.41, 5.74) is 0. The lowest BCUT2D eigenvalue weighted by Crippen LogP contribution is -2.21. The maximum Gasteiger partial charge on any atom is 0.307 e. The van der Waals surface area contributed by atoms with E-state index in [-0.39, 0.29) is 12.4 Å². The highest BCUT2D eigenvalue weighted by Gasteiger charge is 2.17. The second-order valence-electron chi connectivity index (χ2n) is 11.0. The number of rotatable bonds is 29. The first-order valence-electron chi connectivity index (χ1n) is 16.0. The number of unbranched alkanes of at least 4 members (excludes halogenated alkanes) is 22. The number of carbonyl (C=O) groups is 2. The Kier molecular flexibility index (Phi) is 27.7. The molecule has 0 heterocycles. The number of carbonyl (C=O) groups excluding carboxylic acids is 1. The molecule has 4 nitrogen and oxygen atoms in total. The van der Waals surface area contributed by atoms with Crippen LogP contribution >= 0.6 is 0 Å². The fourth-order valence-corrected chi connectivity index (χ4v) is 4.97. The minimum atomic E-state index is -0.878. The van der Waals surface area contributed by atoms with Crippen LogP contribution in [0.1, 0.15) is 187 Å². The highest BCUT2D eigenvalue weighted by Crippen LogP contribution is 2.17. The van der Waals surface area contributed by atoms with Crippen LogP contribution in [0.4, 0.5) is 0 Å². The number of carboxylic acids is 1. The summed E-state index contributed by atoms with van der Waals surface area (Å²) < 4.78 is 5.54. The Bertz CT molecular complexity index is 477. The number of hydrogen-bond acceptors (Lipinski definition) is 3. The molecule has 0 saturated carbocycles. The van der Waals surface area contributed by atoms with Crippen LogP contribution in [-0.2, 0) is 14.3 Å². The molecule has 0 aromatic heterocycles. The van der Waals surface area contributed by atoms with Crippen molar-refractivity contribution in [3.63, 3.8) is 0 Å². The molecule has 0 amide bonds. The monoisotopic (exact) mass is 510 g/mol. The van der Waals surface area contributed by atoms with E-state index in [4.69, 9.17) is 4.74 Å². The van der Waals surface area contributed by atoms with Crippen molar-refractivity contribution in [2.75, 3.05) is 0 Å². The number of ether oxygens (including phenoxy) is 1. The summed E-state index contributed by atoms with van der Waals surface area (Å²) >= 11 is 0. The smallest absolute Gasteiger partial charge is 0.307 e. The Hall–Kier alpha value is -1.06. The Balaban J connectivity index is 3.66. The van der Waals surface area contributed by atoms with Gasteiger partial charge in [-0.3, -0.25) is 9.59 Å². The van der Waals surface area contributed by atoms with Crippen molar-refractivity contribution in [1.82, 2.24) is 0 Å². The van der Waals surface area contributed by atoms with Crippen molar-refractivity contribution in [2.45, 2.75) is 193 Å². The van der Waals surface area contributed by atoms with Gasteiger partial charge in [-0.25, -0.2) is 0 Å². The molecular weight excluding hydrogens is 448 g/mol. The van der Waals surface area contributed by atoms with Crippen LogP contribution in [0.3, 0.4) is 0 Å². The molecule has 1 atom stereocenters. The Labute approximate surface area is 224 Å². The van der Waals surface area contributed by atoms with E-state index < -0.39 is 12.1 Å². The van der Waals surface area contributed by atoms with E-state index in [1.54, 1.807) is 0 Å². The van der Waals surface area contributed by atoms with Crippen molar-refractivity contribution in [3.05, 3.63) is 0 Å². The fraction of sp³-hybridized carbons (Fsp3) is 0.938. The van der Waals surface area contributed by atoms with Crippen molar-refractivity contribution in [2.24, 2.45) is 0 Å². The molecule has 36 heavy (non-hydrogen) atoms. The summed E-state index contributed by atoms with van der Waals surface area (Å²) in [5.74, 6) is -1.09. The van der Waals surface area contributed by atoms with Crippen molar-refractivity contribution >= 4 is 11.9 Å². The first-order chi connectivity index (χ1) is 17.6. The van der Waals surface area contributed by atoms with Gasteiger partial charge in [-0.15, -0.1) is 0 Å². The molecule has 0 aromatic carbocycles. The number of carboxylic acid groups (broad SMARTS) is 1. The van der Waals surface area contributed by atoms with Gasteiger partial charge in [0.15, 0.2) is 0 Å². The predicted octanol–water partition coefficient (Wildman–Crippen LogP) is 10.6. The average molecular weight is 511 g/mol. The average Bonchev–Trinajstić information content (AvgIpc) is 2.85. The van der Waals surface area contributed by atoms with E-state index in [1.165, 1.54) is 128 Å². The highest BCUT2D eigenvalue weighted by molar-refractivity contribution is 5.71. The van der Waals surface area contributed by atoms with Gasteiger partial charge in [0.25, 0.3) is 0 Å². The number of esters is 1. The van der Waals surface area contributed by atoms with Crippen LogP contribution in [0.5, 0.6) is 0 Å². The van der Waals surface area contributed by atoms with Gasteiger partial charge in [0.2, 0.25) is 0 Å². The largest absolute Gasteiger partial charge is 0.481 e. The second kappa shape index (κ2) is 28.5. The van der Waals surface area contributed by atoms with E-state index in [9.17, 15) is 14.7 Å². The Morgan fingerprint density at radius 2 is 0.861 bits per heavy atom. The third-order valence-electron chi connectivity index (χ3n) is 7.31. The van der Waals surface area contributed by atoms with Crippen molar-refractivity contribution < 1.29 is 19.4 Å². The van der Waals surface area contributed by atoms with Crippen LogP contribution < -0.4 is 0 Å². The molecule has 0 fully saturated rings. The summed E-state index contributed by atoms with van der Waals surface area (Å²) in [5, 5.41) is 9.18. The lowest BCUT2D eigenvalue weighted by molar-refractivity contribution is -0.153. The summed E-state index contributed by atoms with van der Waals surface area (Å²) in [4.78, 5) is 23.4. The van der Waals surface area contributed by atoms with Gasteiger partial charge >= 0.3 is 11.9 Å². The molecule has 0 aliphatic heterocycles. The number of hydrogen-bond donors (Lipinski definition) is 1. The summed E-state index contributed by atoms with van der Waals surface area (Å²) in [7, 11) is 0. The molecule has 1 N–H and O–H groups in total. The maximum absolute atomic E-state index is 12.2. The minimum Gasteiger partial charge on any atom is -0.481 e. The molecule has 1 unspecified atom stereocenters. The van der Waals surface area contributed by atoms with Gasteiger partial charge < -0.3 is 9.84 Å². The Morgan fingerprint density at radius 3 is 1.22 bits per heavy atom. The lowest BCUT2D eigenvalue weighted by atomic mass is 10.0. The molecule has 0 aliphatic rings. The lowest BCUT2D eigenvalue weighted by Gasteiger charge is -2.16. The zero-order valence-corrected chi connectivity index (χ0v) is 24.3. The third-order valence-corrected chi connectivity index (χ3v) is 7.31. The first-order valence-corrected chi connectivity index (χ1v) is 16.0. The quantitative estimate of drug-likeness (QED) is 0.0802. The van der Waals surface area contributed by atoms with E-state index in [0.717, 1.165) is 25.7 Å². The maximum atomic E-state index is 12.2. The van der Waals surface area contributed by atoms with Gasteiger partial charge in [-0.1, -0.05) is 155 Å². The topological polar surface area (TPSA) is 63.6 Å². The molecule has 0 radical (unpaired) electrons. The second-order valence-corrected chi connectivity index (χ2v) is 11.0. The standard InChI is InChI=1S/C32H62O4/c1-3-5-7-9-11-13-15-16-18-20-22-24-26-28-32(35)36-30(29-31(33)34)27-25-23-21-19-17-14-12-10-8-6-4-2/h30H,3-29H2,1-2H3,(H,33,34). The molecule has 0 saturated heterocycles. The molecule has 4 heteroatoms. The van der Waals surface area contributed by atoms with Gasteiger partial charge in [-0.05, 0) is 19.3 Å². The third kappa shape index (κ3) is 27.5. The van der Waals surface area contributed by atoms with Gasteiger partial charge in [-0.2, -0.15) is 0 Å². The van der Waals surface area contributed by atoms with E-state index in [1.807, 2.05) is 0 Å². The SMILES string of the molecule is CCCCCCCCCCCCCCCC(=O)OC(CCCCCCCCCCCCC)CC(=O)O. The highest BCUT2D eigenvalue weighted by atomic mass is 16.5. The summed E-state index contributed by atoms with van der Waals surface area (Å²) in [6.45, 7) is 4.52. The van der Waals surface area contributed by atoms with Crippen molar-refractivity contribution in [3.8, 4) is 0 Å². The molecule has 0 aromatic rings. The van der Waals surface area contributed by atoms with E-state index in [0.29, 0.717) is 12.8 Å². The van der Waals surface area contributed by atoms with Gasteiger partial charge in [0.05, 0.1) is 6.42 Å². The van der Waals surface area contributed by atoms with E-state index >= 15 is 0 Å². The van der Waals surface area contributed by atoms with Gasteiger partial charge in [0, 0.05) is 6.42 Å². The van der Waals surface area contributed by atoms with Crippen LogP contribution in [0, 0.1) is 0 Å². The van der Waals surface area contributed by atoms with Crippen LogP contribution in [0.2, 0.25) is 0 Å². The van der Waals surface area contributed by atoms with Gasteiger partial charge in [0.1, 0.15) is 6.10 Å². The zero-order chi connectivity index (χ0) is 26.5. The fourth-order valence-electron chi connectivity index (χ4n) is 4.97. The van der Waals surface area contributed by atoms with Crippen LogP contribution in [0.25, 0.3) is 0 Å². The summed E-state index contributed by atoms with van der Waals surface area (Å²) in [6, 6.07) is 0. The normalized spacial score (nSPS) is 12.1. The zero-order valence-electron chi connectivity index (χ0n) is 24.3. The van der Waals surface area contributed by atoms with Crippen LogP contribution in [0.15, 0.2) is 0 Å².